The lowest BCUT2D eigenvalue weighted by Gasteiger charge is -2.37. The van der Waals surface area contributed by atoms with Gasteiger partial charge in [-0.15, -0.1) is 11.3 Å². The second-order valence-electron chi connectivity index (χ2n) is 8.48. The van der Waals surface area contributed by atoms with E-state index in [-0.39, 0.29) is 30.9 Å². The second kappa shape index (κ2) is 11.1. The molecule has 2 atom stereocenters. The highest BCUT2D eigenvalue weighted by Crippen LogP contribution is 2.27. The molecule has 3 heterocycles. The third kappa shape index (κ3) is 5.29. The van der Waals surface area contributed by atoms with E-state index in [0.29, 0.717) is 32.7 Å². The number of ether oxygens (including phenoxy) is 2. The van der Waals surface area contributed by atoms with Gasteiger partial charge >= 0.3 is 0 Å². The number of nitrogens with zero attached hydrogens (tertiary/aromatic N) is 3. The van der Waals surface area contributed by atoms with Crippen LogP contribution in [-0.4, -0.2) is 84.6 Å². The average molecular weight is 487 g/mol. The van der Waals surface area contributed by atoms with Gasteiger partial charge in [0.25, 0.3) is 0 Å². The van der Waals surface area contributed by atoms with E-state index in [1.165, 1.54) is 12.0 Å². The summed E-state index contributed by atoms with van der Waals surface area (Å²) in [5.41, 5.74) is 4.92. The van der Waals surface area contributed by atoms with Crippen LogP contribution in [0, 0.1) is 6.92 Å². The first-order chi connectivity index (χ1) is 16.5. The van der Waals surface area contributed by atoms with Gasteiger partial charge in [0.15, 0.2) is 0 Å². The zero-order valence-corrected chi connectivity index (χ0v) is 20.3. The number of methoxy groups -OCH3 is 1. The predicted octanol–water partition coefficient (Wildman–Crippen LogP) is 1.60. The Morgan fingerprint density at radius 1 is 1.18 bits per heavy atom. The van der Waals surface area contributed by atoms with E-state index in [1.54, 1.807) is 16.2 Å². The average Bonchev–Trinajstić information content (AvgIpc) is 3.52. The summed E-state index contributed by atoms with van der Waals surface area (Å²) in [5.74, 6) is -0.674. The fourth-order valence-corrected chi connectivity index (χ4v) is 5.28. The molecular formula is C24H30N4O5S. The van der Waals surface area contributed by atoms with Gasteiger partial charge < -0.3 is 24.6 Å². The molecule has 0 saturated carbocycles. The predicted molar refractivity (Wildman–Crippen MR) is 127 cm³/mol. The minimum absolute atomic E-state index is 0.0882. The van der Waals surface area contributed by atoms with Gasteiger partial charge in [-0.05, 0) is 30.9 Å². The molecule has 0 bridgehead atoms. The number of hydrogen-bond donors (Lipinski definition) is 1. The maximum atomic E-state index is 13.3. The summed E-state index contributed by atoms with van der Waals surface area (Å²) >= 11 is 1.60. The summed E-state index contributed by atoms with van der Waals surface area (Å²) in [6.45, 7) is 3.61. The monoisotopic (exact) mass is 486 g/mol. The molecule has 34 heavy (non-hydrogen) atoms. The van der Waals surface area contributed by atoms with Crippen molar-refractivity contribution in [1.29, 1.82) is 0 Å². The van der Waals surface area contributed by atoms with E-state index in [9.17, 15) is 14.4 Å². The van der Waals surface area contributed by atoms with E-state index in [2.05, 4.69) is 10.3 Å². The number of benzene rings is 1. The number of likely N-dealkylation sites (tertiary alicyclic amines) is 1. The summed E-state index contributed by atoms with van der Waals surface area (Å²) in [4.78, 5) is 47.2. The van der Waals surface area contributed by atoms with Crippen molar-refractivity contribution in [2.45, 2.75) is 38.4 Å². The SMILES string of the molecule is COCC(=O)N1CCOC[C@H]1C(=O)N1CCC[C@H]1C(=O)NCc1ccc(-c2scnc2C)cc1. The largest absolute Gasteiger partial charge is 0.377 e. The first-order valence-electron chi connectivity index (χ1n) is 11.4. The van der Waals surface area contributed by atoms with Gasteiger partial charge in [-0.25, -0.2) is 4.98 Å². The van der Waals surface area contributed by atoms with Crippen LogP contribution in [0.5, 0.6) is 0 Å². The number of aromatic nitrogens is 1. The Kier molecular flexibility index (Phi) is 7.91. The summed E-state index contributed by atoms with van der Waals surface area (Å²) in [6.07, 6.45) is 1.34. The molecule has 2 saturated heterocycles. The van der Waals surface area contributed by atoms with E-state index >= 15 is 0 Å². The van der Waals surface area contributed by atoms with E-state index in [4.69, 9.17) is 9.47 Å². The highest BCUT2D eigenvalue weighted by molar-refractivity contribution is 7.13. The van der Waals surface area contributed by atoms with E-state index in [1.807, 2.05) is 36.7 Å². The van der Waals surface area contributed by atoms with Crippen LogP contribution in [0.1, 0.15) is 24.1 Å². The number of hydrogen-bond acceptors (Lipinski definition) is 7. The minimum Gasteiger partial charge on any atom is -0.377 e. The molecule has 0 spiro atoms. The molecule has 0 radical (unpaired) electrons. The molecule has 4 rings (SSSR count). The van der Waals surface area contributed by atoms with Crippen LogP contribution in [0.3, 0.4) is 0 Å². The number of carbonyl (C=O) groups excluding carboxylic acids is 3. The first-order valence-corrected chi connectivity index (χ1v) is 12.3. The van der Waals surface area contributed by atoms with Crippen molar-refractivity contribution < 1.29 is 23.9 Å². The summed E-state index contributed by atoms with van der Waals surface area (Å²) in [7, 11) is 1.45. The molecule has 2 aliphatic rings. The lowest BCUT2D eigenvalue weighted by Crippen LogP contribution is -2.59. The highest BCUT2D eigenvalue weighted by Gasteiger charge is 2.41. The summed E-state index contributed by atoms with van der Waals surface area (Å²) in [5, 5.41) is 2.97. The van der Waals surface area contributed by atoms with Crippen molar-refractivity contribution in [1.82, 2.24) is 20.1 Å². The quantitative estimate of drug-likeness (QED) is 0.638. The molecule has 2 aromatic rings. The van der Waals surface area contributed by atoms with Crippen molar-refractivity contribution in [2.24, 2.45) is 0 Å². The van der Waals surface area contributed by atoms with Crippen LogP contribution < -0.4 is 5.32 Å². The van der Waals surface area contributed by atoms with Gasteiger partial charge in [0.1, 0.15) is 18.7 Å². The van der Waals surface area contributed by atoms with Crippen molar-refractivity contribution in [2.75, 3.05) is 40.0 Å². The molecule has 10 heteroatoms. The topological polar surface area (TPSA) is 101 Å². The molecular weight excluding hydrogens is 456 g/mol. The van der Waals surface area contributed by atoms with Crippen LogP contribution in [-0.2, 0) is 30.4 Å². The Morgan fingerprint density at radius 3 is 2.68 bits per heavy atom. The summed E-state index contributed by atoms with van der Waals surface area (Å²) < 4.78 is 10.4. The number of amides is 3. The van der Waals surface area contributed by atoms with Crippen molar-refractivity contribution in [3.63, 3.8) is 0 Å². The lowest BCUT2D eigenvalue weighted by atomic mass is 10.1. The van der Waals surface area contributed by atoms with Crippen molar-refractivity contribution in [3.05, 3.63) is 41.0 Å². The number of aryl methyl sites for hydroxylation is 1. The molecule has 0 unspecified atom stereocenters. The van der Waals surface area contributed by atoms with Gasteiger partial charge in [0.2, 0.25) is 17.7 Å². The van der Waals surface area contributed by atoms with Gasteiger partial charge in [-0.2, -0.15) is 0 Å². The van der Waals surface area contributed by atoms with Crippen LogP contribution in [0.25, 0.3) is 10.4 Å². The van der Waals surface area contributed by atoms with Gasteiger partial charge in [0, 0.05) is 26.7 Å². The maximum Gasteiger partial charge on any atom is 0.249 e. The van der Waals surface area contributed by atoms with Crippen molar-refractivity contribution in [3.8, 4) is 10.4 Å². The molecule has 1 aromatic heterocycles. The molecule has 0 aliphatic carbocycles. The Labute approximate surface area is 203 Å². The fraction of sp³-hybridized carbons (Fsp3) is 0.500. The maximum absolute atomic E-state index is 13.3. The van der Waals surface area contributed by atoms with Crippen molar-refractivity contribution >= 4 is 29.1 Å². The normalized spacial score (nSPS) is 20.4. The second-order valence-corrected chi connectivity index (χ2v) is 9.34. The van der Waals surface area contributed by atoms with Crippen LogP contribution in [0.4, 0.5) is 0 Å². The molecule has 3 amide bonds. The standard InChI is InChI=1S/C24H30N4O5S/c1-16-22(34-15-26-16)18-7-5-17(6-8-18)12-25-23(30)19-4-3-9-28(19)24(31)20-13-33-11-10-27(20)21(29)14-32-2/h5-8,15,19-20H,3-4,9-14H2,1-2H3,(H,25,30)/t19-,20-/m0/s1. The molecule has 9 nitrogen and oxygen atoms in total. The highest BCUT2D eigenvalue weighted by atomic mass is 32.1. The van der Waals surface area contributed by atoms with Gasteiger partial charge in [0.05, 0.1) is 29.3 Å². The Hall–Kier alpha value is -2.82. The number of thiazole rings is 1. The zero-order valence-electron chi connectivity index (χ0n) is 19.5. The molecule has 2 aliphatic heterocycles. The third-order valence-corrected chi connectivity index (χ3v) is 7.25. The van der Waals surface area contributed by atoms with Crippen LogP contribution >= 0.6 is 11.3 Å². The van der Waals surface area contributed by atoms with Crippen LogP contribution in [0.2, 0.25) is 0 Å². The number of nitrogens with one attached hydrogen (secondary N) is 1. The molecule has 1 aromatic carbocycles. The van der Waals surface area contributed by atoms with E-state index in [0.717, 1.165) is 28.1 Å². The third-order valence-electron chi connectivity index (χ3n) is 6.27. The molecule has 2 fully saturated rings. The van der Waals surface area contributed by atoms with Gasteiger partial charge in [-0.1, -0.05) is 24.3 Å². The zero-order chi connectivity index (χ0) is 24.1. The Balaban J connectivity index is 1.37. The Bertz CT molecular complexity index is 1020. The minimum atomic E-state index is -0.729. The lowest BCUT2D eigenvalue weighted by molar-refractivity contribution is -0.157. The number of carbonyl (C=O) groups is 3. The summed E-state index contributed by atoms with van der Waals surface area (Å²) in [6, 6.07) is 6.76. The molecule has 1 N–H and O–H groups in total. The number of rotatable bonds is 7. The van der Waals surface area contributed by atoms with Gasteiger partial charge in [-0.3, -0.25) is 14.4 Å². The number of morpholine rings is 1. The Morgan fingerprint density at radius 2 is 1.97 bits per heavy atom. The fourth-order valence-electron chi connectivity index (χ4n) is 4.47. The van der Waals surface area contributed by atoms with Crippen LogP contribution in [0.15, 0.2) is 29.8 Å². The first kappa shape index (κ1) is 24.3. The smallest absolute Gasteiger partial charge is 0.249 e. The molecule has 182 valence electrons. The van der Waals surface area contributed by atoms with E-state index < -0.39 is 12.1 Å².